The third-order valence-electron chi connectivity index (χ3n) is 5.05. The van der Waals surface area contributed by atoms with Gasteiger partial charge in [0.15, 0.2) is 5.76 Å². The molecule has 0 spiro atoms. The summed E-state index contributed by atoms with van der Waals surface area (Å²) in [5.41, 5.74) is 2.89. The van der Waals surface area contributed by atoms with Gasteiger partial charge in [-0.05, 0) is 54.3 Å². The van der Waals surface area contributed by atoms with Crippen LogP contribution in [-0.2, 0) is 11.3 Å². The molecular formula is C25H27N3O4. The summed E-state index contributed by atoms with van der Waals surface area (Å²) in [6, 6.07) is 17.0. The van der Waals surface area contributed by atoms with Crippen molar-refractivity contribution >= 4 is 23.4 Å². The highest BCUT2D eigenvalue weighted by Gasteiger charge is 2.25. The number of rotatable bonds is 8. The number of hydrogen-bond donors (Lipinski definition) is 3. The standard InChI is InChI=1S/C25H27N3O4/c1-16(2)22(28-23(29)20-8-5-4-7-17(20)3)25(31)26-15-18-10-12-19(13-11-18)27-24(30)21-9-6-14-32-21/h4-14,16,22H,15H2,1-3H3,(H,26,31)(H,27,30)(H,28,29). The Morgan fingerprint density at radius 3 is 2.25 bits per heavy atom. The molecule has 0 aliphatic rings. The summed E-state index contributed by atoms with van der Waals surface area (Å²) in [5, 5.41) is 8.47. The molecule has 7 nitrogen and oxygen atoms in total. The third kappa shape index (κ3) is 5.85. The second-order valence-corrected chi connectivity index (χ2v) is 7.86. The molecule has 0 saturated heterocycles. The molecule has 0 aliphatic carbocycles. The van der Waals surface area contributed by atoms with Gasteiger partial charge in [0.2, 0.25) is 5.91 Å². The number of furan rings is 1. The first-order valence-corrected chi connectivity index (χ1v) is 10.4. The zero-order valence-corrected chi connectivity index (χ0v) is 18.3. The Kier molecular flexibility index (Phi) is 7.44. The van der Waals surface area contributed by atoms with E-state index in [1.165, 1.54) is 6.26 Å². The summed E-state index contributed by atoms with van der Waals surface area (Å²) in [4.78, 5) is 37.4. The summed E-state index contributed by atoms with van der Waals surface area (Å²) < 4.78 is 5.07. The molecule has 1 unspecified atom stereocenters. The molecule has 7 heteroatoms. The minimum atomic E-state index is -0.658. The molecular weight excluding hydrogens is 406 g/mol. The van der Waals surface area contributed by atoms with Crippen molar-refractivity contribution in [3.63, 3.8) is 0 Å². The van der Waals surface area contributed by atoms with Crippen molar-refractivity contribution < 1.29 is 18.8 Å². The number of hydrogen-bond acceptors (Lipinski definition) is 4. The van der Waals surface area contributed by atoms with Crippen LogP contribution in [0.3, 0.4) is 0 Å². The molecule has 0 radical (unpaired) electrons. The van der Waals surface area contributed by atoms with E-state index in [0.29, 0.717) is 17.8 Å². The molecule has 0 fully saturated rings. The summed E-state index contributed by atoms with van der Waals surface area (Å²) in [6.45, 7) is 5.94. The van der Waals surface area contributed by atoms with Crippen LogP contribution in [0.2, 0.25) is 0 Å². The van der Waals surface area contributed by atoms with Crippen LogP contribution in [0.5, 0.6) is 0 Å². The molecule has 0 aliphatic heterocycles. The van der Waals surface area contributed by atoms with Crippen LogP contribution in [0.4, 0.5) is 5.69 Å². The maximum absolute atomic E-state index is 12.8. The van der Waals surface area contributed by atoms with Crippen LogP contribution in [0.1, 0.15) is 45.9 Å². The smallest absolute Gasteiger partial charge is 0.291 e. The molecule has 3 N–H and O–H groups in total. The van der Waals surface area contributed by atoms with Gasteiger partial charge in [0.1, 0.15) is 6.04 Å². The highest BCUT2D eigenvalue weighted by molar-refractivity contribution is 6.02. The topological polar surface area (TPSA) is 100 Å². The Labute approximate surface area is 187 Å². The molecule has 166 valence electrons. The number of anilines is 1. The van der Waals surface area contributed by atoms with Crippen LogP contribution in [0.25, 0.3) is 0 Å². The van der Waals surface area contributed by atoms with Gasteiger partial charge < -0.3 is 20.4 Å². The fraction of sp³-hybridized carbons (Fsp3) is 0.240. The van der Waals surface area contributed by atoms with Gasteiger partial charge in [-0.1, -0.05) is 44.2 Å². The van der Waals surface area contributed by atoms with Gasteiger partial charge in [-0.15, -0.1) is 0 Å². The Balaban J connectivity index is 1.56. The zero-order valence-electron chi connectivity index (χ0n) is 18.3. The van der Waals surface area contributed by atoms with Crippen molar-refractivity contribution in [3.8, 4) is 0 Å². The SMILES string of the molecule is Cc1ccccc1C(=O)NC(C(=O)NCc1ccc(NC(=O)c2ccco2)cc1)C(C)C. The molecule has 32 heavy (non-hydrogen) atoms. The molecule has 2 aromatic carbocycles. The molecule has 0 bridgehead atoms. The second kappa shape index (κ2) is 10.4. The second-order valence-electron chi connectivity index (χ2n) is 7.86. The summed E-state index contributed by atoms with van der Waals surface area (Å²) in [7, 11) is 0. The number of carbonyl (C=O) groups excluding carboxylic acids is 3. The highest BCUT2D eigenvalue weighted by atomic mass is 16.3. The van der Waals surface area contributed by atoms with Gasteiger partial charge in [0.25, 0.3) is 11.8 Å². The monoisotopic (exact) mass is 433 g/mol. The lowest BCUT2D eigenvalue weighted by Crippen LogP contribution is -2.49. The predicted molar refractivity (Wildman–Crippen MR) is 122 cm³/mol. The van der Waals surface area contributed by atoms with E-state index in [4.69, 9.17) is 4.42 Å². The van der Waals surface area contributed by atoms with Gasteiger partial charge in [0.05, 0.1) is 6.26 Å². The lowest BCUT2D eigenvalue weighted by molar-refractivity contribution is -0.124. The Hall–Kier alpha value is -3.87. The third-order valence-corrected chi connectivity index (χ3v) is 5.05. The summed E-state index contributed by atoms with van der Waals surface area (Å²) in [6.07, 6.45) is 1.44. The maximum atomic E-state index is 12.8. The van der Waals surface area contributed by atoms with Crippen molar-refractivity contribution in [2.75, 3.05) is 5.32 Å². The van der Waals surface area contributed by atoms with Gasteiger partial charge in [-0.25, -0.2) is 0 Å². The van der Waals surface area contributed by atoms with E-state index in [1.807, 2.05) is 45.0 Å². The fourth-order valence-corrected chi connectivity index (χ4v) is 3.19. The molecule has 3 amide bonds. The maximum Gasteiger partial charge on any atom is 0.291 e. The molecule has 0 saturated carbocycles. The number of nitrogens with one attached hydrogen (secondary N) is 3. The number of aryl methyl sites for hydroxylation is 1. The van der Waals surface area contributed by atoms with Crippen LogP contribution in [0.15, 0.2) is 71.3 Å². The lowest BCUT2D eigenvalue weighted by Gasteiger charge is -2.22. The van der Waals surface area contributed by atoms with Crippen molar-refractivity contribution in [3.05, 3.63) is 89.4 Å². The van der Waals surface area contributed by atoms with E-state index in [0.717, 1.165) is 11.1 Å². The van der Waals surface area contributed by atoms with Gasteiger partial charge in [-0.3, -0.25) is 14.4 Å². The molecule has 1 atom stereocenters. The average Bonchev–Trinajstić information content (AvgIpc) is 3.32. The minimum Gasteiger partial charge on any atom is -0.459 e. The first kappa shape index (κ1) is 22.8. The number of carbonyl (C=O) groups is 3. The number of benzene rings is 2. The quantitative estimate of drug-likeness (QED) is 0.501. The van der Waals surface area contributed by atoms with Crippen LogP contribution in [-0.4, -0.2) is 23.8 Å². The largest absolute Gasteiger partial charge is 0.459 e. The Bertz CT molecular complexity index is 1070. The normalized spacial score (nSPS) is 11.6. The van der Waals surface area contributed by atoms with E-state index in [-0.39, 0.29) is 29.4 Å². The van der Waals surface area contributed by atoms with E-state index in [1.54, 1.807) is 36.4 Å². The van der Waals surface area contributed by atoms with Crippen molar-refractivity contribution in [2.24, 2.45) is 5.92 Å². The van der Waals surface area contributed by atoms with Crippen LogP contribution < -0.4 is 16.0 Å². The molecule has 3 rings (SSSR count). The summed E-state index contributed by atoms with van der Waals surface area (Å²) >= 11 is 0. The fourth-order valence-electron chi connectivity index (χ4n) is 3.19. The Morgan fingerprint density at radius 1 is 0.906 bits per heavy atom. The van der Waals surface area contributed by atoms with Crippen LogP contribution in [0, 0.1) is 12.8 Å². The first-order chi connectivity index (χ1) is 15.3. The first-order valence-electron chi connectivity index (χ1n) is 10.4. The van der Waals surface area contributed by atoms with Gasteiger partial charge in [-0.2, -0.15) is 0 Å². The average molecular weight is 434 g/mol. The zero-order chi connectivity index (χ0) is 23.1. The van der Waals surface area contributed by atoms with Crippen molar-refractivity contribution in [1.29, 1.82) is 0 Å². The van der Waals surface area contributed by atoms with E-state index >= 15 is 0 Å². The summed E-state index contributed by atoms with van der Waals surface area (Å²) in [5.74, 6) is -0.707. The van der Waals surface area contributed by atoms with Gasteiger partial charge >= 0.3 is 0 Å². The minimum absolute atomic E-state index is 0.0813. The van der Waals surface area contributed by atoms with Gasteiger partial charge in [0, 0.05) is 17.8 Å². The molecule has 1 aromatic heterocycles. The number of amides is 3. The Morgan fingerprint density at radius 2 is 1.62 bits per heavy atom. The predicted octanol–water partition coefficient (Wildman–Crippen LogP) is 3.91. The lowest BCUT2D eigenvalue weighted by atomic mass is 10.0. The molecule has 3 aromatic rings. The van der Waals surface area contributed by atoms with Crippen molar-refractivity contribution in [2.45, 2.75) is 33.4 Å². The van der Waals surface area contributed by atoms with Crippen molar-refractivity contribution in [1.82, 2.24) is 10.6 Å². The van der Waals surface area contributed by atoms with Crippen LogP contribution >= 0.6 is 0 Å². The van der Waals surface area contributed by atoms with E-state index < -0.39 is 6.04 Å². The van der Waals surface area contributed by atoms with E-state index in [9.17, 15) is 14.4 Å². The van der Waals surface area contributed by atoms with E-state index in [2.05, 4.69) is 16.0 Å². The highest BCUT2D eigenvalue weighted by Crippen LogP contribution is 2.13. The molecule has 1 heterocycles.